The van der Waals surface area contributed by atoms with Gasteiger partial charge in [0.15, 0.2) is 0 Å². The largest absolute Gasteiger partial charge is 0.459 e. The van der Waals surface area contributed by atoms with E-state index in [9.17, 15) is 19.2 Å². The summed E-state index contributed by atoms with van der Waals surface area (Å²) < 4.78 is 14.4. The molecule has 1 unspecified atom stereocenters. The van der Waals surface area contributed by atoms with Gasteiger partial charge in [-0.1, -0.05) is 13.8 Å². The van der Waals surface area contributed by atoms with E-state index in [1.54, 1.807) is 34.6 Å². The summed E-state index contributed by atoms with van der Waals surface area (Å²) in [4.78, 5) is 46.0. The molecule has 24 heavy (non-hydrogen) atoms. The summed E-state index contributed by atoms with van der Waals surface area (Å²) in [6, 6.07) is 0. The average molecular weight is 363 g/mol. The maximum Gasteiger partial charge on any atom is 0.370 e. The van der Waals surface area contributed by atoms with Crippen molar-refractivity contribution in [2.45, 2.75) is 52.4 Å². The first-order chi connectivity index (χ1) is 10.9. The second-order valence-corrected chi connectivity index (χ2v) is 7.47. The van der Waals surface area contributed by atoms with Crippen molar-refractivity contribution in [2.75, 3.05) is 13.3 Å². The molecule has 1 amide bonds. The highest BCUT2D eigenvalue weighted by Gasteiger charge is 2.21. The molecular formula is C15H25NO7S. The van der Waals surface area contributed by atoms with Gasteiger partial charge in [0.05, 0.1) is 11.2 Å². The zero-order valence-corrected chi connectivity index (χ0v) is 15.7. The lowest BCUT2D eigenvalue weighted by Gasteiger charge is -2.19. The maximum atomic E-state index is 11.8. The van der Waals surface area contributed by atoms with Crippen LogP contribution >= 0.6 is 11.8 Å². The molecule has 9 heteroatoms. The predicted octanol–water partition coefficient (Wildman–Crippen LogP) is 1.86. The predicted molar refractivity (Wildman–Crippen MR) is 88.2 cm³/mol. The summed E-state index contributed by atoms with van der Waals surface area (Å²) in [6.45, 7) is 9.13. The summed E-state index contributed by atoms with van der Waals surface area (Å²) in [7, 11) is 0. The van der Waals surface area contributed by atoms with Gasteiger partial charge in [0.2, 0.25) is 12.7 Å². The molecule has 0 aromatic rings. The molecule has 8 nitrogen and oxygen atoms in total. The zero-order valence-electron chi connectivity index (χ0n) is 14.8. The number of carbonyl (C=O) groups is 4. The molecule has 0 spiro atoms. The first kappa shape index (κ1) is 22.2. The fourth-order valence-electron chi connectivity index (χ4n) is 1.21. The number of rotatable bonds is 7. The van der Waals surface area contributed by atoms with Crippen LogP contribution in [0.4, 0.5) is 4.79 Å². The van der Waals surface area contributed by atoms with Crippen molar-refractivity contribution in [3.8, 4) is 0 Å². The minimum Gasteiger partial charge on any atom is -0.459 e. The fraction of sp³-hybridized carbons (Fsp3) is 0.733. The van der Waals surface area contributed by atoms with Crippen LogP contribution < -0.4 is 5.32 Å². The quantitative estimate of drug-likeness (QED) is 0.539. The van der Waals surface area contributed by atoms with Crippen LogP contribution in [0.3, 0.4) is 0 Å². The molecule has 0 aromatic heterocycles. The van der Waals surface area contributed by atoms with Crippen LogP contribution in [0.15, 0.2) is 0 Å². The number of carbonyl (C=O) groups excluding carboxylic acids is 4. The molecule has 0 fully saturated rings. The minimum atomic E-state index is -0.777. The Bertz CT molecular complexity index is 471. The molecule has 0 aliphatic rings. The molecule has 0 aromatic carbocycles. The van der Waals surface area contributed by atoms with Gasteiger partial charge in [0.25, 0.3) is 0 Å². The molecule has 0 aliphatic heterocycles. The lowest BCUT2D eigenvalue weighted by atomic mass is 10.2. The van der Waals surface area contributed by atoms with E-state index in [1.807, 2.05) is 0 Å². The van der Waals surface area contributed by atoms with Gasteiger partial charge in [-0.25, -0.2) is 4.79 Å². The SMILES string of the molecule is CC(C)C(=O)OCOC(=O)SC(C)C(=O)NCC(=O)OC(C)(C)C. The molecule has 1 N–H and O–H groups in total. The Morgan fingerprint density at radius 2 is 1.62 bits per heavy atom. The van der Waals surface area contributed by atoms with Crippen LogP contribution in [0, 0.1) is 5.92 Å². The van der Waals surface area contributed by atoms with Crippen LogP contribution in [-0.2, 0) is 28.6 Å². The van der Waals surface area contributed by atoms with Gasteiger partial charge in [-0.15, -0.1) is 0 Å². The van der Waals surface area contributed by atoms with Crippen molar-refractivity contribution in [1.29, 1.82) is 0 Å². The molecule has 0 rings (SSSR count). The van der Waals surface area contributed by atoms with E-state index in [0.29, 0.717) is 11.8 Å². The smallest absolute Gasteiger partial charge is 0.370 e. The Balaban J connectivity index is 4.06. The molecule has 0 heterocycles. The highest BCUT2D eigenvalue weighted by atomic mass is 32.2. The van der Waals surface area contributed by atoms with Crippen molar-refractivity contribution in [3.63, 3.8) is 0 Å². The van der Waals surface area contributed by atoms with E-state index < -0.39 is 40.8 Å². The second kappa shape index (κ2) is 10.2. The third kappa shape index (κ3) is 10.9. The molecule has 0 saturated heterocycles. The Hall–Kier alpha value is -1.77. The first-order valence-corrected chi connectivity index (χ1v) is 8.30. The van der Waals surface area contributed by atoms with Gasteiger partial charge >= 0.3 is 17.2 Å². The van der Waals surface area contributed by atoms with E-state index in [1.165, 1.54) is 6.92 Å². The highest BCUT2D eigenvalue weighted by molar-refractivity contribution is 8.14. The van der Waals surface area contributed by atoms with Crippen LogP contribution in [0.2, 0.25) is 0 Å². The lowest BCUT2D eigenvalue weighted by molar-refractivity contribution is -0.155. The topological polar surface area (TPSA) is 108 Å². The van der Waals surface area contributed by atoms with E-state index in [4.69, 9.17) is 4.74 Å². The van der Waals surface area contributed by atoms with Gasteiger partial charge in [-0.05, 0) is 39.5 Å². The third-order valence-corrected chi connectivity index (χ3v) is 3.20. The summed E-state index contributed by atoms with van der Waals surface area (Å²) in [5.74, 6) is -1.90. The molecule has 1 atom stereocenters. The third-order valence-electron chi connectivity index (χ3n) is 2.32. The van der Waals surface area contributed by atoms with Gasteiger partial charge in [0.1, 0.15) is 12.1 Å². The Morgan fingerprint density at radius 3 is 2.12 bits per heavy atom. The zero-order chi connectivity index (χ0) is 18.9. The molecule has 0 aliphatic carbocycles. The normalized spacial score (nSPS) is 12.3. The number of nitrogens with one attached hydrogen (secondary N) is 1. The van der Waals surface area contributed by atoms with Crippen LogP contribution in [0.5, 0.6) is 0 Å². The summed E-state index contributed by atoms with van der Waals surface area (Å²) in [5, 5.41) is 0.837. The van der Waals surface area contributed by atoms with Crippen molar-refractivity contribution in [1.82, 2.24) is 5.32 Å². The Labute approximate surface area is 146 Å². The van der Waals surface area contributed by atoms with Crippen molar-refractivity contribution in [3.05, 3.63) is 0 Å². The number of amides is 1. The van der Waals surface area contributed by atoms with Crippen molar-refractivity contribution >= 4 is 34.9 Å². The number of ether oxygens (including phenoxy) is 3. The van der Waals surface area contributed by atoms with Gasteiger partial charge in [-0.3, -0.25) is 14.4 Å². The van der Waals surface area contributed by atoms with E-state index in [2.05, 4.69) is 14.8 Å². The Morgan fingerprint density at radius 1 is 1.04 bits per heavy atom. The van der Waals surface area contributed by atoms with E-state index >= 15 is 0 Å². The molecule has 0 radical (unpaired) electrons. The van der Waals surface area contributed by atoms with E-state index in [0.717, 1.165) is 0 Å². The van der Waals surface area contributed by atoms with Crippen LogP contribution in [0.1, 0.15) is 41.5 Å². The number of thioether (sulfide) groups is 1. The fourth-order valence-corrected chi connectivity index (χ4v) is 1.81. The maximum absolute atomic E-state index is 11.8. The van der Waals surface area contributed by atoms with Crippen molar-refractivity contribution in [2.24, 2.45) is 5.92 Å². The van der Waals surface area contributed by atoms with Gasteiger partial charge in [-0.2, -0.15) is 0 Å². The minimum absolute atomic E-state index is 0.290. The van der Waals surface area contributed by atoms with E-state index in [-0.39, 0.29) is 12.5 Å². The molecule has 138 valence electrons. The number of hydrogen-bond acceptors (Lipinski definition) is 8. The molecule has 0 bridgehead atoms. The summed E-state index contributed by atoms with van der Waals surface area (Å²) in [5.41, 5.74) is -0.639. The molecule has 0 saturated carbocycles. The lowest BCUT2D eigenvalue weighted by Crippen LogP contribution is -2.38. The highest BCUT2D eigenvalue weighted by Crippen LogP contribution is 2.14. The summed E-state index contributed by atoms with van der Waals surface area (Å²) >= 11 is 0.616. The standard InChI is InChI=1S/C15H25NO7S/c1-9(2)13(19)21-8-22-14(20)24-10(3)12(18)16-7-11(17)23-15(4,5)6/h9-10H,7-8H2,1-6H3,(H,16,18). The van der Waals surface area contributed by atoms with Gasteiger partial charge < -0.3 is 19.5 Å². The Kier molecular flexibility index (Phi) is 9.42. The average Bonchev–Trinajstić information content (AvgIpc) is 2.42. The monoisotopic (exact) mass is 363 g/mol. The number of esters is 2. The molecular weight excluding hydrogens is 338 g/mol. The summed E-state index contributed by atoms with van der Waals surface area (Å²) in [6.07, 6.45) is 0. The number of hydrogen-bond donors (Lipinski definition) is 1. The second-order valence-electron chi connectivity index (χ2n) is 6.19. The van der Waals surface area contributed by atoms with Crippen LogP contribution in [0.25, 0.3) is 0 Å². The van der Waals surface area contributed by atoms with Gasteiger partial charge in [0, 0.05) is 0 Å². The first-order valence-electron chi connectivity index (χ1n) is 7.42. The van der Waals surface area contributed by atoms with Crippen molar-refractivity contribution < 1.29 is 33.4 Å². The van der Waals surface area contributed by atoms with Crippen LogP contribution in [-0.4, -0.2) is 47.3 Å².